The van der Waals surface area contributed by atoms with E-state index in [4.69, 9.17) is 14.7 Å². The maximum atomic E-state index is 12.7. The number of aromatic nitrogens is 3. The third kappa shape index (κ3) is 5.99. The van der Waals surface area contributed by atoms with Crippen LogP contribution in [0.25, 0.3) is 16.9 Å². The van der Waals surface area contributed by atoms with Gasteiger partial charge in [-0.1, -0.05) is 24.3 Å². The van der Waals surface area contributed by atoms with Crippen molar-refractivity contribution in [2.24, 2.45) is 0 Å². The SMILES string of the molecule is CC(C)(C)OC(=O)N[C@H]1CC(=O)N(c2ccc(-c3cnc4ccc(OCc5cccc(C#N)c5)nn34)cc2)C1. The Kier molecular flexibility index (Phi) is 6.90. The summed E-state index contributed by atoms with van der Waals surface area (Å²) in [4.78, 5) is 30.9. The normalized spacial score (nSPS) is 15.3. The molecule has 5 rings (SSSR count). The number of nitrogens with zero attached hydrogens (tertiary/aromatic N) is 5. The van der Waals surface area contributed by atoms with Crippen LogP contribution in [0.5, 0.6) is 5.88 Å². The van der Waals surface area contributed by atoms with Crippen molar-refractivity contribution < 1.29 is 19.1 Å². The van der Waals surface area contributed by atoms with Crippen molar-refractivity contribution in [3.8, 4) is 23.2 Å². The Bertz CT molecular complexity index is 1570. The number of hydrogen-bond acceptors (Lipinski definition) is 7. The van der Waals surface area contributed by atoms with Gasteiger partial charge in [-0.3, -0.25) is 4.79 Å². The van der Waals surface area contributed by atoms with Gasteiger partial charge in [0.05, 0.1) is 29.6 Å². The molecule has 0 saturated carbocycles. The van der Waals surface area contributed by atoms with E-state index in [-0.39, 0.29) is 25.0 Å². The molecule has 0 unspecified atom stereocenters. The molecule has 2 aromatic heterocycles. The Morgan fingerprint density at radius 3 is 2.69 bits per heavy atom. The van der Waals surface area contributed by atoms with Crippen molar-refractivity contribution in [1.82, 2.24) is 19.9 Å². The summed E-state index contributed by atoms with van der Waals surface area (Å²) in [5, 5.41) is 16.5. The number of amides is 2. The van der Waals surface area contributed by atoms with Gasteiger partial charge in [-0.05, 0) is 56.7 Å². The van der Waals surface area contributed by atoms with E-state index >= 15 is 0 Å². The molecule has 10 heteroatoms. The highest BCUT2D eigenvalue weighted by Gasteiger charge is 2.32. The summed E-state index contributed by atoms with van der Waals surface area (Å²) in [7, 11) is 0. The number of carbonyl (C=O) groups excluding carboxylic acids is 2. The van der Waals surface area contributed by atoms with Crippen LogP contribution in [0.15, 0.2) is 66.9 Å². The Morgan fingerprint density at radius 1 is 1.15 bits per heavy atom. The van der Waals surface area contributed by atoms with Gasteiger partial charge in [0.2, 0.25) is 11.8 Å². The maximum absolute atomic E-state index is 12.7. The minimum atomic E-state index is -0.605. The van der Waals surface area contributed by atoms with Crippen LogP contribution in [-0.2, 0) is 16.1 Å². The van der Waals surface area contributed by atoms with E-state index < -0.39 is 11.7 Å². The lowest BCUT2D eigenvalue weighted by Crippen LogP contribution is -2.40. The summed E-state index contributed by atoms with van der Waals surface area (Å²) in [6.07, 6.45) is 1.41. The first-order valence-electron chi connectivity index (χ1n) is 12.6. The fourth-order valence-electron chi connectivity index (χ4n) is 4.36. The van der Waals surface area contributed by atoms with Crippen LogP contribution in [0.4, 0.5) is 10.5 Å². The zero-order valence-corrected chi connectivity index (χ0v) is 21.9. The number of nitriles is 1. The Morgan fingerprint density at radius 2 is 1.95 bits per heavy atom. The third-order valence-corrected chi connectivity index (χ3v) is 6.10. The van der Waals surface area contributed by atoms with E-state index in [0.29, 0.717) is 23.6 Å². The number of benzene rings is 2. The zero-order chi connectivity index (χ0) is 27.6. The molecule has 198 valence electrons. The fourth-order valence-corrected chi connectivity index (χ4v) is 4.36. The number of anilines is 1. The molecule has 3 heterocycles. The Balaban J connectivity index is 1.28. The van der Waals surface area contributed by atoms with Crippen molar-refractivity contribution in [3.63, 3.8) is 0 Å². The van der Waals surface area contributed by atoms with E-state index in [2.05, 4.69) is 21.5 Å². The molecule has 10 nitrogen and oxygen atoms in total. The average molecular weight is 525 g/mol. The van der Waals surface area contributed by atoms with Gasteiger partial charge in [0.25, 0.3) is 0 Å². The zero-order valence-electron chi connectivity index (χ0n) is 21.9. The van der Waals surface area contributed by atoms with Crippen LogP contribution < -0.4 is 15.0 Å². The predicted molar refractivity (Wildman–Crippen MR) is 144 cm³/mol. The Labute approximate surface area is 225 Å². The number of nitrogens with one attached hydrogen (secondary N) is 1. The lowest BCUT2D eigenvalue weighted by atomic mass is 10.1. The van der Waals surface area contributed by atoms with Crippen LogP contribution in [0, 0.1) is 11.3 Å². The standard InChI is InChI=1S/C29H28N6O4/c1-29(2,3)39-28(37)32-22-14-27(36)34(17-22)23-9-7-21(8-10-23)24-16-31-25-11-12-26(33-35(24)25)38-18-20-6-4-5-19(13-20)15-30/h4-13,16,22H,14,17-18H2,1-3H3,(H,32,37)/t22-/m0/s1. The summed E-state index contributed by atoms with van der Waals surface area (Å²) in [5.74, 6) is 0.356. The summed E-state index contributed by atoms with van der Waals surface area (Å²) >= 11 is 0. The highest BCUT2D eigenvalue weighted by atomic mass is 16.6. The summed E-state index contributed by atoms with van der Waals surface area (Å²) in [6, 6.07) is 20.2. The second-order valence-electron chi connectivity index (χ2n) is 10.3. The van der Waals surface area contributed by atoms with Crippen LogP contribution >= 0.6 is 0 Å². The van der Waals surface area contributed by atoms with Gasteiger partial charge in [-0.15, -0.1) is 5.10 Å². The largest absolute Gasteiger partial charge is 0.472 e. The number of hydrogen-bond donors (Lipinski definition) is 1. The molecule has 1 aliphatic rings. The highest BCUT2D eigenvalue weighted by Crippen LogP contribution is 2.27. The van der Waals surface area contributed by atoms with Gasteiger partial charge in [0.15, 0.2) is 5.65 Å². The topological polar surface area (TPSA) is 122 Å². The second kappa shape index (κ2) is 10.5. The van der Waals surface area contributed by atoms with E-state index in [9.17, 15) is 9.59 Å². The van der Waals surface area contributed by atoms with Crippen LogP contribution in [0.3, 0.4) is 0 Å². The molecule has 39 heavy (non-hydrogen) atoms. The van der Waals surface area contributed by atoms with E-state index in [1.165, 1.54) is 0 Å². The smallest absolute Gasteiger partial charge is 0.407 e. The summed E-state index contributed by atoms with van der Waals surface area (Å²) < 4.78 is 12.9. The quantitative estimate of drug-likeness (QED) is 0.395. The van der Waals surface area contributed by atoms with Crippen molar-refractivity contribution in [2.45, 2.75) is 45.4 Å². The first-order valence-corrected chi connectivity index (χ1v) is 12.6. The minimum absolute atomic E-state index is 0.0672. The first kappa shape index (κ1) is 25.7. The van der Waals surface area contributed by atoms with Gasteiger partial charge < -0.3 is 19.7 Å². The van der Waals surface area contributed by atoms with Crippen LogP contribution in [-0.4, -0.2) is 44.8 Å². The van der Waals surface area contributed by atoms with Gasteiger partial charge in [-0.2, -0.15) is 5.26 Å². The van der Waals surface area contributed by atoms with Crippen molar-refractivity contribution in [2.75, 3.05) is 11.4 Å². The number of carbonyl (C=O) groups is 2. The van der Waals surface area contributed by atoms with Crippen molar-refractivity contribution in [1.29, 1.82) is 5.26 Å². The molecule has 0 spiro atoms. The molecule has 1 fully saturated rings. The average Bonchev–Trinajstić information content (AvgIpc) is 3.49. The summed E-state index contributed by atoms with van der Waals surface area (Å²) in [6.45, 7) is 6.03. The molecular formula is C29H28N6O4. The van der Waals surface area contributed by atoms with Gasteiger partial charge in [-0.25, -0.2) is 14.3 Å². The lowest BCUT2D eigenvalue weighted by Gasteiger charge is -2.22. The first-order chi connectivity index (χ1) is 18.7. The van der Waals surface area contributed by atoms with Gasteiger partial charge in [0.1, 0.15) is 12.2 Å². The lowest BCUT2D eigenvalue weighted by molar-refractivity contribution is -0.117. The fraction of sp³-hybridized carbons (Fsp3) is 0.276. The molecule has 4 aromatic rings. The van der Waals surface area contributed by atoms with Crippen molar-refractivity contribution >= 4 is 23.3 Å². The number of imidazole rings is 1. The molecular weight excluding hydrogens is 496 g/mol. The molecule has 1 saturated heterocycles. The predicted octanol–water partition coefficient (Wildman–Crippen LogP) is 4.48. The van der Waals surface area contributed by atoms with Gasteiger partial charge >= 0.3 is 6.09 Å². The molecule has 2 amide bonds. The van der Waals surface area contributed by atoms with E-state index in [0.717, 1.165) is 22.5 Å². The molecule has 2 aromatic carbocycles. The monoisotopic (exact) mass is 524 g/mol. The number of fused-ring (bicyclic) bond motifs is 1. The third-order valence-electron chi connectivity index (χ3n) is 6.10. The summed E-state index contributed by atoms with van der Waals surface area (Å²) in [5.41, 5.74) is 3.88. The molecule has 0 bridgehead atoms. The molecule has 0 aliphatic carbocycles. The maximum Gasteiger partial charge on any atom is 0.407 e. The number of rotatable bonds is 6. The van der Waals surface area contributed by atoms with E-state index in [1.54, 1.807) is 54.6 Å². The number of ether oxygens (including phenoxy) is 2. The van der Waals surface area contributed by atoms with E-state index in [1.807, 2.05) is 42.5 Å². The molecule has 1 aliphatic heterocycles. The second-order valence-corrected chi connectivity index (χ2v) is 10.3. The molecule has 1 N–H and O–H groups in total. The molecule has 1 atom stereocenters. The number of alkyl carbamates (subject to hydrolysis) is 1. The van der Waals surface area contributed by atoms with Crippen LogP contribution in [0.2, 0.25) is 0 Å². The highest BCUT2D eigenvalue weighted by molar-refractivity contribution is 5.96. The van der Waals surface area contributed by atoms with Crippen molar-refractivity contribution in [3.05, 3.63) is 78.0 Å². The Hall–Kier alpha value is -4.91. The minimum Gasteiger partial charge on any atom is -0.472 e. The van der Waals surface area contributed by atoms with Crippen LogP contribution in [0.1, 0.15) is 38.3 Å². The van der Waals surface area contributed by atoms with Gasteiger partial charge in [0, 0.05) is 30.3 Å². The molecule has 0 radical (unpaired) electrons.